The molecule has 27 heavy (non-hydrogen) atoms. The molecule has 0 atom stereocenters. The van der Waals surface area contributed by atoms with E-state index in [4.69, 9.17) is 9.47 Å². The summed E-state index contributed by atoms with van der Waals surface area (Å²) < 4.78 is 11.2. The molecule has 3 aromatic rings. The molecular weight excluding hydrogens is 352 g/mol. The first kappa shape index (κ1) is 19.4. The Bertz CT molecular complexity index is 807. The number of ether oxygens (including phenoxy) is 2. The van der Waals surface area contributed by atoms with Gasteiger partial charge < -0.3 is 9.47 Å². The van der Waals surface area contributed by atoms with Crippen LogP contribution in [-0.4, -0.2) is 20.0 Å². The molecule has 0 unspecified atom stereocenters. The molecule has 0 aliphatic rings. The van der Waals surface area contributed by atoms with Crippen molar-refractivity contribution in [2.24, 2.45) is 0 Å². The number of rotatable bonds is 8. The third kappa shape index (κ3) is 3.84. The summed E-state index contributed by atoms with van der Waals surface area (Å²) in [7, 11) is 3.40. The van der Waals surface area contributed by atoms with Gasteiger partial charge in [0.1, 0.15) is 11.5 Å². The molecule has 3 heteroatoms. The first-order chi connectivity index (χ1) is 13.3. The Hall–Kier alpha value is -2.39. The van der Waals surface area contributed by atoms with Crippen LogP contribution in [-0.2, 0) is 5.41 Å². The highest BCUT2D eigenvalue weighted by atomic mass is 32.1. The quantitative estimate of drug-likeness (QED) is 0.397. The lowest BCUT2D eigenvalue weighted by Crippen LogP contribution is -2.30. The van der Waals surface area contributed by atoms with E-state index in [9.17, 15) is 0 Å². The summed E-state index contributed by atoms with van der Waals surface area (Å²) in [6, 6.07) is 27.5. The van der Waals surface area contributed by atoms with Crippen molar-refractivity contribution in [1.29, 1.82) is 0 Å². The van der Waals surface area contributed by atoms with Gasteiger partial charge in [-0.05, 0) is 35.8 Å². The summed E-state index contributed by atoms with van der Waals surface area (Å²) in [5, 5.41) is 0. The molecule has 0 saturated heterocycles. The van der Waals surface area contributed by atoms with Gasteiger partial charge in [0, 0.05) is 17.0 Å². The predicted octanol–water partition coefficient (Wildman–Crippen LogP) is 5.75. The Morgan fingerprint density at radius 3 is 1.85 bits per heavy atom. The second-order valence-corrected chi connectivity index (χ2v) is 6.98. The van der Waals surface area contributed by atoms with E-state index in [1.54, 1.807) is 14.2 Å². The number of benzene rings is 3. The van der Waals surface area contributed by atoms with E-state index < -0.39 is 0 Å². The standard InChI is InChI=1S/C24H26O2S/c1-25-21-14-15-22(23(18-21)26-2)24(16-9-17-27,19-10-5-3-6-11-19)20-12-7-4-8-13-20/h3-8,10-15,18,27H,9,16-17H2,1-2H3. The number of methoxy groups -OCH3 is 2. The van der Waals surface area contributed by atoms with Crippen molar-refractivity contribution in [3.63, 3.8) is 0 Å². The first-order valence-corrected chi connectivity index (χ1v) is 9.84. The zero-order valence-electron chi connectivity index (χ0n) is 15.9. The van der Waals surface area contributed by atoms with Crippen LogP contribution in [0.1, 0.15) is 29.5 Å². The Balaban J connectivity index is 2.33. The van der Waals surface area contributed by atoms with Crippen molar-refractivity contribution in [3.8, 4) is 11.5 Å². The topological polar surface area (TPSA) is 18.5 Å². The molecule has 2 nitrogen and oxygen atoms in total. The van der Waals surface area contributed by atoms with Crippen molar-refractivity contribution >= 4 is 12.6 Å². The minimum Gasteiger partial charge on any atom is -0.497 e. The fraction of sp³-hybridized carbons (Fsp3) is 0.250. The Morgan fingerprint density at radius 2 is 1.37 bits per heavy atom. The highest BCUT2D eigenvalue weighted by Gasteiger charge is 2.38. The number of thiol groups is 1. The van der Waals surface area contributed by atoms with Gasteiger partial charge in [-0.25, -0.2) is 0 Å². The van der Waals surface area contributed by atoms with Gasteiger partial charge in [0.2, 0.25) is 0 Å². The highest BCUT2D eigenvalue weighted by Crippen LogP contribution is 2.47. The van der Waals surface area contributed by atoms with Crippen LogP contribution in [0.5, 0.6) is 11.5 Å². The summed E-state index contributed by atoms with van der Waals surface area (Å²) in [4.78, 5) is 0. The molecule has 140 valence electrons. The molecule has 0 spiro atoms. The van der Waals surface area contributed by atoms with Gasteiger partial charge in [-0.15, -0.1) is 0 Å². The van der Waals surface area contributed by atoms with E-state index in [1.807, 2.05) is 12.1 Å². The van der Waals surface area contributed by atoms with Crippen LogP contribution >= 0.6 is 12.6 Å². The number of hydrogen-bond donors (Lipinski definition) is 1. The van der Waals surface area contributed by atoms with Crippen LogP contribution in [0.25, 0.3) is 0 Å². The van der Waals surface area contributed by atoms with Crippen LogP contribution in [0, 0.1) is 0 Å². The maximum atomic E-state index is 5.82. The van der Waals surface area contributed by atoms with Gasteiger partial charge >= 0.3 is 0 Å². The summed E-state index contributed by atoms with van der Waals surface area (Å²) >= 11 is 4.50. The second kappa shape index (κ2) is 9.01. The average Bonchev–Trinajstić information content (AvgIpc) is 2.75. The van der Waals surface area contributed by atoms with Crippen molar-refractivity contribution in [2.45, 2.75) is 18.3 Å². The Morgan fingerprint density at radius 1 is 0.778 bits per heavy atom. The molecular formula is C24H26O2S. The summed E-state index contributed by atoms with van der Waals surface area (Å²) in [6.45, 7) is 0. The van der Waals surface area contributed by atoms with Gasteiger partial charge in [-0.2, -0.15) is 12.6 Å². The maximum Gasteiger partial charge on any atom is 0.126 e. The van der Waals surface area contributed by atoms with Crippen LogP contribution in [0.4, 0.5) is 0 Å². The van der Waals surface area contributed by atoms with Crippen LogP contribution in [0.15, 0.2) is 78.9 Å². The van der Waals surface area contributed by atoms with Crippen molar-refractivity contribution in [3.05, 3.63) is 95.6 Å². The van der Waals surface area contributed by atoms with E-state index in [0.717, 1.165) is 35.7 Å². The lowest BCUT2D eigenvalue weighted by Gasteiger charge is -2.37. The molecule has 3 aromatic carbocycles. The van der Waals surface area contributed by atoms with E-state index in [1.165, 1.54) is 11.1 Å². The molecule has 0 fully saturated rings. The molecule has 3 rings (SSSR count). The third-order valence-electron chi connectivity index (χ3n) is 5.11. The van der Waals surface area contributed by atoms with E-state index in [-0.39, 0.29) is 5.41 Å². The molecule has 0 heterocycles. The van der Waals surface area contributed by atoms with Gasteiger partial charge in [0.25, 0.3) is 0 Å². The lowest BCUT2D eigenvalue weighted by molar-refractivity contribution is 0.383. The maximum absolute atomic E-state index is 5.82. The van der Waals surface area contributed by atoms with Gasteiger partial charge in [-0.3, -0.25) is 0 Å². The molecule has 0 bridgehead atoms. The van der Waals surface area contributed by atoms with Crippen molar-refractivity contribution < 1.29 is 9.47 Å². The van der Waals surface area contributed by atoms with Gasteiger partial charge in [0.05, 0.1) is 14.2 Å². The van der Waals surface area contributed by atoms with Crippen molar-refractivity contribution in [1.82, 2.24) is 0 Å². The second-order valence-electron chi connectivity index (χ2n) is 6.53. The van der Waals surface area contributed by atoms with E-state index in [2.05, 4.69) is 79.4 Å². The Kier molecular flexibility index (Phi) is 6.46. The zero-order valence-corrected chi connectivity index (χ0v) is 16.8. The molecule has 0 aliphatic carbocycles. The normalized spacial score (nSPS) is 11.2. The van der Waals surface area contributed by atoms with Gasteiger partial charge in [0.15, 0.2) is 0 Å². The summed E-state index contributed by atoms with van der Waals surface area (Å²) in [5.41, 5.74) is 3.33. The van der Waals surface area contributed by atoms with E-state index in [0.29, 0.717) is 0 Å². The largest absolute Gasteiger partial charge is 0.497 e. The molecule has 0 radical (unpaired) electrons. The van der Waals surface area contributed by atoms with Crippen LogP contribution < -0.4 is 9.47 Å². The van der Waals surface area contributed by atoms with Crippen molar-refractivity contribution in [2.75, 3.05) is 20.0 Å². The minimum absolute atomic E-state index is 0.317. The predicted molar refractivity (Wildman–Crippen MR) is 115 cm³/mol. The zero-order chi connectivity index (χ0) is 19.1. The van der Waals surface area contributed by atoms with Gasteiger partial charge in [-0.1, -0.05) is 66.7 Å². The summed E-state index contributed by atoms with van der Waals surface area (Å²) in [5.74, 6) is 2.46. The molecule has 0 aliphatic heterocycles. The smallest absolute Gasteiger partial charge is 0.126 e. The lowest BCUT2D eigenvalue weighted by atomic mass is 9.66. The van der Waals surface area contributed by atoms with E-state index >= 15 is 0 Å². The molecule has 0 saturated carbocycles. The molecule has 0 aromatic heterocycles. The molecule has 0 N–H and O–H groups in total. The monoisotopic (exact) mass is 378 g/mol. The summed E-state index contributed by atoms with van der Waals surface area (Å²) in [6.07, 6.45) is 1.93. The average molecular weight is 379 g/mol. The fourth-order valence-electron chi connectivity index (χ4n) is 3.84. The third-order valence-corrected chi connectivity index (χ3v) is 5.43. The fourth-order valence-corrected chi connectivity index (χ4v) is 4.00. The van der Waals surface area contributed by atoms with Crippen LogP contribution in [0.3, 0.4) is 0 Å². The van der Waals surface area contributed by atoms with Crippen LogP contribution in [0.2, 0.25) is 0 Å². The first-order valence-electron chi connectivity index (χ1n) is 9.20. The number of hydrogen-bond acceptors (Lipinski definition) is 3. The SMILES string of the molecule is COc1ccc(C(CCCS)(c2ccccc2)c2ccccc2)c(OC)c1. The molecule has 0 amide bonds. The minimum atomic E-state index is -0.317. The highest BCUT2D eigenvalue weighted by molar-refractivity contribution is 7.80. The Labute approximate surface area is 167 Å².